The zero-order chi connectivity index (χ0) is 15.6. The molecular formula is C14H21ClN2O3S. The number of sulfonamides is 1. The Morgan fingerprint density at radius 3 is 2.62 bits per heavy atom. The van der Waals surface area contributed by atoms with Crippen LogP contribution in [0.25, 0.3) is 0 Å². The second-order valence-corrected chi connectivity index (χ2v) is 7.91. The monoisotopic (exact) mass is 332 g/mol. The number of halogens is 1. The van der Waals surface area contributed by atoms with Gasteiger partial charge in [0.25, 0.3) is 0 Å². The Morgan fingerprint density at radius 2 is 2.00 bits per heavy atom. The predicted molar refractivity (Wildman–Crippen MR) is 84.0 cm³/mol. The molecule has 1 saturated heterocycles. The van der Waals surface area contributed by atoms with Crippen LogP contribution in [-0.2, 0) is 14.8 Å². The maximum absolute atomic E-state index is 12.7. The van der Waals surface area contributed by atoms with Crippen LogP contribution < -0.4 is 5.73 Å². The number of anilines is 1. The van der Waals surface area contributed by atoms with E-state index in [0.717, 1.165) is 12.8 Å². The average Bonchev–Trinajstić information content (AvgIpc) is 2.43. The third kappa shape index (κ3) is 3.69. The summed E-state index contributed by atoms with van der Waals surface area (Å²) in [5.74, 6) is 0.329. The van der Waals surface area contributed by atoms with Crippen LogP contribution in [0.5, 0.6) is 0 Å². The number of hydrogen-bond acceptors (Lipinski definition) is 4. The summed E-state index contributed by atoms with van der Waals surface area (Å²) >= 11 is 5.95. The number of nitrogen functional groups attached to an aromatic ring is 1. The van der Waals surface area contributed by atoms with Gasteiger partial charge in [-0.15, -0.1) is 0 Å². The number of ether oxygens (including phenoxy) is 1. The molecule has 0 radical (unpaired) electrons. The Morgan fingerprint density at radius 1 is 1.38 bits per heavy atom. The van der Waals surface area contributed by atoms with Gasteiger partial charge in [-0.1, -0.05) is 11.6 Å². The standard InChI is InChI=1S/C14H21ClN2O3S/c1-10-13(16)7-12(15)8-14(10)21(18,19)17(2)9-11-3-5-20-6-4-11/h7-8,11H,3-6,9,16H2,1-2H3. The van der Waals surface area contributed by atoms with Crippen molar-refractivity contribution in [2.24, 2.45) is 5.92 Å². The van der Waals surface area contributed by atoms with Gasteiger partial charge in [0, 0.05) is 37.5 Å². The summed E-state index contributed by atoms with van der Waals surface area (Å²) in [5, 5.41) is 0.330. The summed E-state index contributed by atoms with van der Waals surface area (Å²) in [7, 11) is -1.99. The van der Waals surface area contributed by atoms with Crippen LogP contribution in [0.3, 0.4) is 0 Å². The first kappa shape index (κ1) is 16.5. The summed E-state index contributed by atoms with van der Waals surface area (Å²) in [4.78, 5) is 0.182. The third-order valence-electron chi connectivity index (χ3n) is 3.91. The lowest BCUT2D eigenvalue weighted by Gasteiger charge is -2.27. The molecule has 0 aliphatic carbocycles. The van der Waals surface area contributed by atoms with Crippen molar-refractivity contribution in [2.75, 3.05) is 32.5 Å². The highest BCUT2D eigenvalue weighted by molar-refractivity contribution is 7.89. The molecule has 0 saturated carbocycles. The fraction of sp³-hybridized carbons (Fsp3) is 0.571. The minimum atomic E-state index is -3.59. The first-order valence-corrected chi connectivity index (χ1v) is 8.74. The van der Waals surface area contributed by atoms with Gasteiger partial charge in [-0.3, -0.25) is 0 Å². The third-order valence-corrected chi connectivity index (χ3v) is 6.08. The number of rotatable bonds is 4. The van der Waals surface area contributed by atoms with Crippen LogP contribution in [0.1, 0.15) is 18.4 Å². The van der Waals surface area contributed by atoms with Crippen molar-refractivity contribution >= 4 is 27.3 Å². The summed E-state index contributed by atoms with van der Waals surface area (Å²) in [6.07, 6.45) is 1.77. The van der Waals surface area contributed by atoms with Gasteiger partial charge in [0.1, 0.15) is 0 Å². The van der Waals surface area contributed by atoms with E-state index in [2.05, 4.69) is 0 Å². The number of nitrogens with two attached hydrogens (primary N) is 1. The van der Waals surface area contributed by atoms with E-state index in [9.17, 15) is 8.42 Å². The molecule has 1 aromatic carbocycles. The molecule has 0 unspecified atom stereocenters. The molecule has 2 rings (SSSR count). The summed E-state index contributed by atoms with van der Waals surface area (Å²) in [6, 6.07) is 3.03. The van der Waals surface area contributed by atoms with Gasteiger partial charge in [0.2, 0.25) is 10.0 Å². The fourth-order valence-corrected chi connectivity index (χ4v) is 4.32. The van der Waals surface area contributed by atoms with Crippen LogP contribution in [0, 0.1) is 12.8 Å². The first-order valence-electron chi connectivity index (χ1n) is 6.92. The van der Waals surface area contributed by atoms with Gasteiger partial charge in [-0.25, -0.2) is 12.7 Å². The van der Waals surface area contributed by atoms with Gasteiger partial charge in [0.05, 0.1) is 4.90 Å². The first-order chi connectivity index (χ1) is 9.82. The number of nitrogens with zero attached hydrogens (tertiary/aromatic N) is 1. The van der Waals surface area contributed by atoms with Gasteiger partial charge >= 0.3 is 0 Å². The Hall–Kier alpha value is -0.820. The molecule has 0 amide bonds. The average molecular weight is 333 g/mol. The molecule has 1 aliphatic heterocycles. The van der Waals surface area contributed by atoms with Crippen molar-refractivity contribution in [3.8, 4) is 0 Å². The predicted octanol–water partition coefficient (Wildman–Crippen LogP) is 2.28. The van der Waals surface area contributed by atoms with E-state index in [4.69, 9.17) is 22.1 Å². The smallest absolute Gasteiger partial charge is 0.243 e. The van der Waals surface area contributed by atoms with Crippen LogP contribution in [0.2, 0.25) is 5.02 Å². The molecule has 0 atom stereocenters. The van der Waals surface area contributed by atoms with Crippen molar-refractivity contribution in [1.82, 2.24) is 4.31 Å². The van der Waals surface area contributed by atoms with E-state index in [0.29, 0.717) is 41.9 Å². The van der Waals surface area contributed by atoms with Crippen molar-refractivity contribution in [3.05, 3.63) is 22.7 Å². The molecule has 1 heterocycles. The maximum atomic E-state index is 12.7. The molecule has 0 spiro atoms. The summed E-state index contributed by atoms with van der Waals surface area (Å²) in [5.41, 5.74) is 6.75. The molecule has 1 fully saturated rings. The molecule has 5 nitrogen and oxygen atoms in total. The van der Waals surface area contributed by atoms with Crippen LogP contribution in [-0.4, -0.2) is 39.5 Å². The quantitative estimate of drug-likeness (QED) is 0.858. The highest BCUT2D eigenvalue weighted by atomic mass is 35.5. The lowest BCUT2D eigenvalue weighted by atomic mass is 10.0. The van der Waals surface area contributed by atoms with Crippen molar-refractivity contribution in [3.63, 3.8) is 0 Å². The van der Waals surface area contributed by atoms with Gasteiger partial charge < -0.3 is 10.5 Å². The molecule has 0 bridgehead atoms. The van der Waals surface area contributed by atoms with Crippen LogP contribution in [0.4, 0.5) is 5.69 Å². The number of benzene rings is 1. The molecule has 2 N–H and O–H groups in total. The zero-order valence-corrected chi connectivity index (χ0v) is 13.9. The molecule has 1 aromatic rings. The van der Waals surface area contributed by atoms with Gasteiger partial charge in [0.15, 0.2) is 0 Å². The highest BCUT2D eigenvalue weighted by Crippen LogP contribution is 2.28. The summed E-state index contributed by atoms with van der Waals surface area (Å²) in [6.45, 7) is 3.57. The Labute approximate surface area is 131 Å². The fourth-order valence-electron chi connectivity index (χ4n) is 2.50. The van der Waals surface area contributed by atoms with Crippen LogP contribution >= 0.6 is 11.6 Å². The highest BCUT2D eigenvalue weighted by Gasteiger charge is 2.27. The Kier molecular flexibility index (Phi) is 5.14. The zero-order valence-electron chi connectivity index (χ0n) is 12.3. The Balaban J connectivity index is 2.24. The maximum Gasteiger partial charge on any atom is 0.243 e. The molecule has 7 heteroatoms. The Bertz CT molecular complexity index is 613. The second-order valence-electron chi connectivity index (χ2n) is 5.46. The SMILES string of the molecule is Cc1c(N)cc(Cl)cc1S(=O)(=O)N(C)CC1CCOCC1. The molecule has 21 heavy (non-hydrogen) atoms. The van der Waals surface area contributed by atoms with Crippen molar-refractivity contribution in [1.29, 1.82) is 0 Å². The van der Waals surface area contributed by atoms with Gasteiger partial charge in [-0.05, 0) is 43.4 Å². The van der Waals surface area contributed by atoms with E-state index >= 15 is 0 Å². The normalized spacial score (nSPS) is 17.3. The van der Waals surface area contributed by atoms with E-state index in [1.165, 1.54) is 10.4 Å². The topological polar surface area (TPSA) is 72.6 Å². The van der Waals surface area contributed by atoms with Crippen molar-refractivity contribution in [2.45, 2.75) is 24.7 Å². The molecule has 1 aliphatic rings. The van der Waals surface area contributed by atoms with Crippen molar-refractivity contribution < 1.29 is 13.2 Å². The summed E-state index contributed by atoms with van der Waals surface area (Å²) < 4.78 is 32.1. The van der Waals surface area contributed by atoms with E-state index in [-0.39, 0.29) is 4.90 Å². The minimum absolute atomic E-state index is 0.182. The molecule has 118 valence electrons. The van der Waals surface area contributed by atoms with E-state index in [1.54, 1.807) is 20.0 Å². The minimum Gasteiger partial charge on any atom is -0.398 e. The lowest BCUT2D eigenvalue weighted by molar-refractivity contribution is 0.0620. The van der Waals surface area contributed by atoms with Crippen LogP contribution in [0.15, 0.2) is 17.0 Å². The van der Waals surface area contributed by atoms with Gasteiger partial charge in [-0.2, -0.15) is 0 Å². The lowest BCUT2D eigenvalue weighted by Crippen LogP contribution is -2.34. The van der Waals surface area contributed by atoms with E-state index in [1.807, 2.05) is 0 Å². The number of hydrogen-bond donors (Lipinski definition) is 1. The second kappa shape index (κ2) is 6.52. The van der Waals surface area contributed by atoms with E-state index < -0.39 is 10.0 Å². The largest absolute Gasteiger partial charge is 0.398 e. The molecule has 0 aromatic heterocycles. The molecular weight excluding hydrogens is 312 g/mol.